The second kappa shape index (κ2) is 10.6. The molecular formula is C26H30Cl2N4O4. The fourth-order valence-corrected chi connectivity index (χ4v) is 4.83. The third kappa shape index (κ3) is 5.71. The predicted octanol–water partition coefficient (Wildman–Crippen LogP) is 6.43. The van der Waals surface area contributed by atoms with E-state index in [2.05, 4.69) is 15.3 Å². The zero-order chi connectivity index (χ0) is 26.0. The van der Waals surface area contributed by atoms with E-state index in [0.29, 0.717) is 46.1 Å². The molecule has 8 nitrogen and oxygen atoms in total. The summed E-state index contributed by atoms with van der Waals surface area (Å²) in [5.74, 6) is 1.49. The fraction of sp³-hybridized carbons (Fsp3) is 0.423. The topological polar surface area (TPSA) is 85.8 Å². The van der Waals surface area contributed by atoms with Gasteiger partial charge in [-0.05, 0) is 51.3 Å². The maximum absolute atomic E-state index is 12.3. The number of carbonyl (C=O) groups is 1. The second-order valence-corrected chi connectivity index (χ2v) is 10.4. The van der Waals surface area contributed by atoms with Gasteiger partial charge in [0.1, 0.15) is 17.1 Å². The third-order valence-corrected chi connectivity index (χ3v) is 6.67. The first-order valence-electron chi connectivity index (χ1n) is 11.7. The number of methoxy groups -OCH3 is 2. The van der Waals surface area contributed by atoms with Gasteiger partial charge in [0, 0.05) is 42.3 Å². The lowest BCUT2D eigenvalue weighted by atomic mass is 10.0. The maximum Gasteiger partial charge on any atom is 0.410 e. The van der Waals surface area contributed by atoms with Crippen LogP contribution in [-0.4, -0.2) is 59.9 Å². The molecule has 1 aliphatic rings. The number of likely N-dealkylation sites (tertiary alicyclic amines) is 1. The number of nitrogens with one attached hydrogen (secondary N) is 1. The lowest BCUT2D eigenvalue weighted by Gasteiger charge is -2.33. The highest BCUT2D eigenvalue weighted by Gasteiger charge is 2.27. The minimum atomic E-state index is -0.500. The number of hydrogen-bond acceptors (Lipinski definition) is 7. The van der Waals surface area contributed by atoms with Gasteiger partial charge in [0.2, 0.25) is 5.95 Å². The van der Waals surface area contributed by atoms with Crippen molar-refractivity contribution < 1.29 is 19.0 Å². The number of aromatic nitrogens is 2. The number of rotatable bonds is 5. The van der Waals surface area contributed by atoms with Gasteiger partial charge in [0.25, 0.3) is 0 Å². The number of anilines is 1. The van der Waals surface area contributed by atoms with Gasteiger partial charge in [-0.15, -0.1) is 0 Å². The number of fused-ring (bicyclic) bond motifs is 1. The molecule has 1 aliphatic heterocycles. The molecule has 1 aromatic heterocycles. The van der Waals surface area contributed by atoms with Crippen LogP contribution >= 0.6 is 23.2 Å². The molecule has 10 heteroatoms. The van der Waals surface area contributed by atoms with Crippen LogP contribution < -0.4 is 14.8 Å². The maximum atomic E-state index is 12.3. The molecule has 0 spiro atoms. The van der Waals surface area contributed by atoms with E-state index in [9.17, 15) is 4.79 Å². The average molecular weight is 533 g/mol. The van der Waals surface area contributed by atoms with E-state index < -0.39 is 5.60 Å². The van der Waals surface area contributed by atoms with E-state index in [0.717, 1.165) is 29.3 Å². The lowest BCUT2D eigenvalue weighted by Crippen LogP contribution is -2.44. The van der Waals surface area contributed by atoms with Crippen molar-refractivity contribution in [3.05, 3.63) is 40.5 Å². The lowest BCUT2D eigenvalue weighted by molar-refractivity contribution is 0.0210. The predicted molar refractivity (Wildman–Crippen MR) is 143 cm³/mol. The monoisotopic (exact) mass is 532 g/mol. The van der Waals surface area contributed by atoms with Gasteiger partial charge < -0.3 is 24.4 Å². The van der Waals surface area contributed by atoms with Crippen LogP contribution in [-0.2, 0) is 4.74 Å². The summed E-state index contributed by atoms with van der Waals surface area (Å²) in [7, 11) is 3.09. The Bertz CT molecular complexity index is 1240. The van der Waals surface area contributed by atoms with Crippen molar-refractivity contribution >= 4 is 46.1 Å². The summed E-state index contributed by atoms with van der Waals surface area (Å²) >= 11 is 13.2. The molecule has 192 valence electrons. The molecule has 1 N–H and O–H groups in total. The van der Waals surface area contributed by atoms with E-state index in [1.165, 1.54) is 0 Å². The highest BCUT2D eigenvalue weighted by atomic mass is 35.5. The summed E-state index contributed by atoms with van der Waals surface area (Å²) in [6.45, 7) is 6.85. The summed E-state index contributed by atoms with van der Waals surface area (Å²) < 4.78 is 16.2. The first-order valence-corrected chi connectivity index (χ1v) is 12.5. The van der Waals surface area contributed by atoms with Gasteiger partial charge in [-0.1, -0.05) is 29.3 Å². The van der Waals surface area contributed by atoms with Gasteiger partial charge >= 0.3 is 6.09 Å². The van der Waals surface area contributed by atoms with Gasteiger partial charge in [-0.25, -0.2) is 14.8 Å². The van der Waals surface area contributed by atoms with E-state index in [1.807, 2.05) is 39.0 Å². The molecule has 1 fully saturated rings. The highest BCUT2D eigenvalue weighted by molar-refractivity contribution is 6.41. The van der Waals surface area contributed by atoms with Crippen molar-refractivity contribution in [1.82, 2.24) is 14.9 Å². The smallest absolute Gasteiger partial charge is 0.410 e. The zero-order valence-corrected chi connectivity index (χ0v) is 22.5. The Morgan fingerprint density at radius 1 is 1.06 bits per heavy atom. The van der Waals surface area contributed by atoms with E-state index in [1.54, 1.807) is 31.4 Å². The van der Waals surface area contributed by atoms with Crippen molar-refractivity contribution in [2.75, 3.05) is 32.6 Å². The zero-order valence-electron chi connectivity index (χ0n) is 21.0. The standard InChI is InChI=1S/C26H30Cl2N4O4/c1-26(2,3)36-25(33)32-10-8-17(9-11-32)30-24-29-14-16-12-15(6-7-18(16)31-24)21-22(27)19(34-4)13-20(35-5)23(21)28/h6-7,12-14,17H,8-11H2,1-5H3,(H,29,30,31). The van der Waals surface area contributed by atoms with Crippen LogP contribution in [0.2, 0.25) is 10.0 Å². The average Bonchev–Trinajstić information content (AvgIpc) is 2.84. The Hall–Kier alpha value is -2.97. The van der Waals surface area contributed by atoms with Crippen LogP contribution in [0.25, 0.3) is 22.0 Å². The van der Waals surface area contributed by atoms with Gasteiger partial charge in [0.15, 0.2) is 0 Å². The first-order chi connectivity index (χ1) is 17.1. The van der Waals surface area contributed by atoms with Gasteiger partial charge in [-0.3, -0.25) is 0 Å². The largest absolute Gasteiger partial charge is 0.495 e. The molecule has 36 heavy (non-hydrogen) atoms. The Morgan fingerprint density at radius 2 is 1.69 bits per heavy atom. The van der Waals surface area contributed by atoms with Crippen LogP contribution in [0.5, 0.6) is 11.5 Å². The van der Waals surface area contributed by atoms with E-state index in [-0.39, 0.29) is 12.1 Å². The summed E-state index contributed by atoms with van der Waals surface area (Å²) in [6.07, 6.45) is 3.07. The Balaban J connectivity index is 1.49. The molecule has 1 saturated heterocycles. The molecule has 1 amide bonds. The molecule has 2 aromatic carbocycles. The SMILES string of the molecule is COc1cc(OC)c(Cl)c(-c2ccc3nc(NC4CCN(C(=O)OC(C)(C)C)CC4)ncc3c2)c1Cl. The van der Waals surface area contributed by atoms with Crippen molar-refractivity contribution in [2.45, 2.75) is 45.3 Å². The minimum absolute atomic E-state index is 0.169. The van der Waals surface area contributed by atoms with E-state index in [4.69, 9.17) is 37.4 Å². The first kappa shape index (κ1) is 26.1. The molecule has 2 heterocycles. The molecule has 3 aromatic rings. The summed E-state index contributed by atoms with van der Waals surface area (Å²) in [5, 5.41) is 5.04. The number of amides is 1. The molecule has 0 saturated carbocycles. The molecule has 0 bridgehead atoms. The molecule has 4 rings (SSSR count). The third-order valence-electron chi connectivity index (χ3n) is 5.92. The number of piperidine rings is 1. The van der Waals surface area contributed by atoms with Crippen molar-refractivity contribution in [3.63, 3.8) is 0 Å². The normalized spacial score (nSPS) is 14.6. The Morgan fingerprint density at radius 3 is 2.28 bits per heavy atom. The van der Waals surface area contributed by atoms with Crippen molar-refractivity contribution in [1.29, 1.82) is 0 Å². The Kier molecular flexibility index (Phi) is 7.66. The van der Waals surface area contributed by atoms with Crippen molar-refractivity contribution in [3.8, 4) is 22.6 Å². The van der Waals surface area contributed by atoms with Crippen LogP contribution in [0, 0.1) is 0 Å². The number of ether oxygens (including phenoxy) is 3. The van der Waals surface area contributed by atoms with Crippen LogP contribution in [0.1, 0.15) is 33.6 Å². The van der Waals surface area contributed by atoms with E-state index >= 15 is 0 Å². The fourth-order valence-electron chi connectivity index (χ4n) is 4.11. The number of hydrogen-bond donors (Lipinski definition) is 1. The second-order valence-electron chi connectivity index (χ2n) is 9.64. The molecule has 0 unspecified atom stereocenters. The number of halogens is 2. The summed E-state index contributed by atoms with van der Waals surface area (Å²) in [5.41, 5.74) is 1.70. The van der Waals surface area contributed by atoms with Gasteiger partial charge in [0.05, 0.1) is 29.8 Å². The van der Waals surface area contributed by atoms with Gasteiger partial charge in [-0.2, -0.15) is 0 Å². The molecular weight excluding hydrogens is 503 g/mol. The molecule has 0 radical (unpaired) electrons. The van der Waals surface area contributed by atoms with Crippen LogP contribution in [0.15, 0.2) is 30.5 Å². The van der Waals surface area contributed by atoms with Crippen LogP contribution in [0.3, 0.4) is 0 Å². The quantitative estimate of drug-likeness (QED) is 0.404. The number of benzene rings is 2. The Labute approximate surface area is 220 Å². The molecule has 0 aliphatic carbocycles. The van der Waals surface area contributed by atoms with Crippen molar-refractivity contribution in [2.24, 2.45) is 0 Å². The molecule has 0 atom stereocenters. The highest BCUT2D eigenvalue weighted by Crippen LogP contribution is 2.46. The number of carbonyl (C=O) groups excluding carboxylic acids is 1. The summed E-state index contributed by atoms with van der Waals surface area (Å²) in [4.78, 5) is 23.2. The summed E-state index contributed by atoms with van der Waals surface area (Å²) in [6, 6.07) is 7.58. The minimum Gasteiger partial charge on any atom is -0.495 e. The van der Waals surface area contributed by atoms with Crippen LogP contribution in [0.4, 0.5) is 10.7 Å². The number of nitrogens with zero attached hydrogens (tertiary/aromatic N) is 3.